The lowest BCUT2D eigenvalue weighted by Gasteiger charge is -2.38. The van der Waals surface area contributed by atoms with Gasteiger partial charge in [-0.2, -0.15) is 0 Å². The molecule has 2 heterocycles. The van der Waals surface area contributed by atoms with E-state index in [4.69, 9.17) is 0 Å². The van der Waals surface area contributed by atoms with E-state index >= 15 is 28.8 Å². The number of likely N-dealkylation sites (N-methyl/N-ethyl adjacent to an activating group) is 6. The average Bonchev–Trinajstić information content (AvgIpc) is 0.829. The molecule has 104 heavy (non-hydrogen) atoms. The van der Waals surface area contributed by atoms with E-state index in [0.717, 1.165) is 34.0 Å². The number of amides is 10. The Kier molecular flexibility index (Phi) is 34.7. The maximum absolute atomic E-state index is 15.6. The van der Waals surface area contributed by atoms with Gasteiger partial charge in [0.2, 0.25) is 59.1 Å². The zero-order valence-corrected chi connectivity index (χ0v) is 63.9. The second kappa shape index (κ2) is 41.1. The molecule has 10 amide bonds. The van der Waals surface area contributed by atoms with Crippen molar-refractivity contribution in [2.75, 3.05) is 55.4 Å². The van der Waals surface area contributed by atoms with Crippen molar-refractivity contribution in [2.45, 2.75) is 228 Å². The first-order chi connectivity index (χ1) is 48.5. The molecule has 0 saturated carbocycles. The average molecular weight is 1450 g/mol. The number of piperidine rings is 1. The van der Waals surface area contributed by atoms with E-state index in [0.29, 0.717) is 29.8 Å². The molecule has 2 saturated heterocycles. The zero-order valence-electron chi connectivity index (χ0n) is 63.9. The number of likely N-dealkylation sites (tertiary alicyclic amines) is 1. The highest BCUT2D eigenvalue weighted by Crippen LogP contribution is 2.26. The molecule has 5 rings (SSSR count). The van der Waals surface area contributed by atoms with E-state index in [2.05, 4.69) is 16.0 Å². The zero-order chi connectivity index (χ0) is 76.9. The molecule has 0 radical (unpaired) electrons. The van der Waals surface area contributed by atoms with Crippen molar-refractivity contribution >= 4 is 76.4 Å². The van der Waals surface area contributed by atoms with E-state index in [1.165, 1.54) is 70.8 Å². The second-order valence-corrected chi connectivity index (χ2v) is 30.1. The van der Waals surface area contributed by atoms with Crippen LogP contribution >= 0.6 is 0 Å². The van der Waals surface area contributed by atoms with Crippen LogP contribution in [0.1, 0.15) is 164 Å². The summed E-state index contributed by atoms with van der Waals surface area (Å²) in [4.78, 5) is 203. The standard InChI is InChI=1S/C79H116N10O14.CH4/c1-48(2)40-60-64(91)36-37-67(94)88(17)71(51(7)8)66(93)46-58(43-55-30-22-18-23-31-55)73(97)80-59(76(100)84(13)61(44-56-32-24-19-25-33-56)65(92)42-52(9)75(99)89-38-28-21-29-39-89)47-68(95)83(12)53(10)72(96)81-69(50(5)6)78(102)86(15)62(41-49(3)4)74(98)82-70(54(11)90)79(103)87(16)63(77(101)85(60)14)45-57-34-26-20-27-35-57;/h18-20,22-27,30-35,48-54,58-63,69-71,90H,21,28-29,36-47H2,1-17H3,(H,80,97)(H,81,96)(H,82,98);1H4/t52-,53-,54-,58-,59+,60+,61+,62+,63+,69+,70+,71+;/m1./s1. The molecule has 0 spiro atoms. The van der Waals surface area contributed by atoms with Gasteiger partial charge in [0.15, 0.2) is 17.3 Å². The van der Waals surface area contributed by atoms with Gasteiger partial charge < -0.3 is 55.4 Å². The van der Waals surface area contributed by atoms with Gasteiger partial charge >= 0.3 is 0 Å². The molecule has 0 aliphatic carbocycles. The lowest BCUT2D eigenvalue weighted by Crippen LogP contribution is -2.62. The molecular formula is C80H120N10O14. The summed E-state index contributed by atoms with van der Waals surface area (Å²) in [6.07, 6.45) is -1.17. The van der Waals surface area contributed by atoms with Crippen LogP contribution in [-0.2, 0) is 81.6 Å². The van der Waals surface area contributed by atoms with Crippen LogP contribution in [0.15, 0.2) is 91.0 Å². The fourth-order valence-corrected chi connectivity index (χ4v) is 13.8. The Labute approximate surface area is 617 Å². The minimum atomic E-state index is -1.77. The van der Waals surface area contributed by atoms with Gasteiger partial charge in [0, 0.05) is 99.3 Å². The van der Waals surface area contributed by atoms with E-state index in [1.54, 1.807) is 131 Å². The second-order valence-electron chi connectivity index (χ2n) is 30.1. The Balaban J connectivity index is 0.0000229. The molecule has 0 aromatic heterocycles. The van der Waals surface area contributed by atoms with Crippen LogP contribution in [-0.4, -0.2) is 232 Å². The Bertz CT molecular complexity index is 3400. The van der Waals surface area contributed by atoms with Crippen molar-refractivity contribution in [3.05, 3.63) is 108 Å². The summed E-state index contributed by atoms with van der Waals surface area (Å²) in [5.41, 5.74) is 1.94. The molecule has 2 aliphatic heterocycles. The first kappa shape index (κ1) is 87.7. The summed E-state index contributed by atoms with van der Waals surface area (Å²) >= 11 is 0. The number of aliphatic hydroxyl groups excluding tert-OH is 1. The Morgan fingerprint density at radius 1 is 0.519 bits per heavy atom. The summed E-state index contributed by atoms with van der Waals surface area (Å²) in [5, 5.41) is 19.7. The van der Waals surface area contributed by atoms with Crippen molar-refractivity contribution in [1.82, 2.24) is 50.2 Å². The number of Topliss-reactive ketones (excluding diaryl/α,β-unsaturated/α-hetero) is 3. The van der Waals surface area contributed by atoms with Crippen LogP contribution in [0.3, 0.4) is 0 Å². The quantitative estimate of drug-likeness (QED) is 0.0995. The number of hydrogen-bond acceptors (Lipinski definition) is 14. The molecule has 2 aliphatic rings. The lowest BCUT2D eigenvalue weighted by atomic mass is 9.87. The largest absolute Gasteiger partial charge is 0.391 e. The van der Waals surface area contributed by atoms with Gasteiger partial charge in [-0.25, -0.2) is 0 Å². The van der Waals surface area contributed by atoms with E-state index in [-0.39, 0.29) is 70.1 Å². The normalized spacial score (nSPS) is 23.8. The first-order valence-corrected chi connectivity index (χ1v) is 36.6. The van der Waals surface area contributed by atoms with E-state index in [9.17, 15) is 38.7 Å². The number of nitrogens with zero attached hydrogens (tertiary/aromatic N) is 7. The van der Waals surface area contributed by atoms with Gasteiger partial charge in [-0.15, -0.1) is 0 Å². The van der Waals surface area contributed by atoms with Gasteiger partial charge in [-0.3, -0.25) is 62.3 Å². The smallest absolute Gasteiger partial charge is 0.248 e. The van der Waals surface area contributed by atoms with E-state index < -0.39 is 174 Å². The highest BCUT2D eigenvalue weighted by Gasteiger charge is 2.44. The number of aliphatic hydroxyl groups is 1. The highest BCUT2D eigenvalue weighted by molar-refractivity contribution is 6.01. The fourth-order valence-electron chi connectivity index (χ4n) is 13.8. The molecule has 574 valence electrons. The number of hydrogen-bond donors (Lipinski definition) is 4. The minimum Gasteiger partial charge on any atom is -0.391 e. The molecule has 4 N–H and O–H groups in total. The van der Waals surface area contributed by atoms with Crippen LogP contribution in [0, 0.1) is 35.5 Å². The molecule has 2 fully saturated rings. The molecular weight excluding hydrogens is 1320 g/mol. The summed E-state index contributed by atoms with van der Waals surface area (Å²) in [6.45, 7) is 19.7. The van der Waals surface area contributed by atoms with Crippen molar-refractivity contribution in [3.8, 4) is 0 Å². The summed E-state index contributed by atoms with van der Waals surface area (Å²) < 4.78 is 0. The number of carbonyl (C=O) groups is 13. The van der Waals surface area contributed by atoms with Gasteiger partial charge in [0.05, 0.1) is 30.7 Å². The molecule has 0 bridgehead atoms. The van der Waals surface area contributed by atoms with E-state index in [1.807, 2.05) is 27.7 Å². The topological polar surface area (TPSA) is 301 Å². The van der Waals surface area contributed by atoms with Crippen LogP contribution in [0.5, 0.6) is 0 Å². The number of benzene rings is 3. The van der Waals surface area contributed by atoms with Crippen molar-refractivity contribution in [3.63, 3.8) is 0 Å². The number of ketones is 3. The Morgan fingerprint density at radius 3 is 1.53 bits per heavy atom. The maximum atomic E-state index is 15.6. The minimum absolute atomic E-state index is 0. The summed E-state index contributed by atoms with van der Waals surface area (Å²) in [5.74, 6) is -12.3. The third kappa shape index (κ3) is 24.5. The molecule has 3 aromatic rings. The van der Waals surface area contributed by atoms with Crippen molar-refractivity contribution < 1.29 is 67.4 Å². The Hall–Kier alpha value is -8.67. The van der Waals surface area contributed by atoms with Crippen LogP contribution in [0.2, 0.25) is 0 Å². The van der Waals surface area contributed by atoms with Crippen LogP contribution in [0.25, 0.3) is 0 Å². The third-order valence-electron chi connectivity index (χ3n) is 20.2. The van der Waals surface area contributed by atoms with Crippen molar-refractivity contribution in [1.29, 1.82) is 0 Å². The SMILES string of the molecule is C.CC(C)C[C@H]1C(=O)N[C@@H]([C@@H](C)O)C(=O)N(C)[C@@H](Cc2ccccc2)C(=O)N(C)[C@@H](CC(C)C)C(=O)CCC(=O)N(C)[C@@H](C(C)C)C(=O)C[C@@H](Cc2ccccc2)C(=O)N[C@H](C(=O)N(C)[C@@H](Cc2ccccc2)C(=O)C[C@@H](C)C(=O)N2CCCCC2)CC(=O)N(C)[C@H](C)C(=O)N[C@@H](C(C)C)C(=O)N1C. The summed E-state index contributed by atoms with van der Waals surface area (Å²) in [6, 6.07) is 14.2. The number of carbonyl (C=O) groups excluding carboxylic acids is 13. The Morgan fingerprint density at radius 2 is 1.01 bits per heavy atom. The molecule has 24 nitrogen and oxygen atoms in total. The predicted octanol–water partition coefficient (Wildman–Crippen LogP) is 6.51. The number of nitrogens with one attached hydrogen (secondary N) is 3. The van der Waals surface area contributed by atoms with Crippen LogP contribution < -0.4 is 16.0 Å². The molecule has 12 atom stereocenters. The summed E-state index contributed by atoms with van der Waals surface area (Å²) in [7, 11) is 8.31. The van der Waals surface area contributed by atoms with Gasteiger partial charge in [0.25, 0.3) is 0 Å². The maximum Gasteiger partial charge on any atom is 0.248 e. The molecule has 3 aromatic carbocycles. The monoisotopic (exact) mass is 1440 g/mol. The lowest BCUT2D eigenvalue weighted by molar-refractivity contribution is -0.151. The molecule has 0 unspecified atom stereocenters. The van der Waals surface area contributed by atoms with Gasteiger partial charge in [0.1, 0.15) is 36.3 Å². The van der Waals surface area contributed by atoms with Gasteiger partial charge in [-0.05, 0) is 99.2 Å². The predicted molar refractivity (Wildman–Crippen MR) is 399 cm³/mol. The highest BCUT2D eigenvalue weighted by atomic mass is 16.3. The van der Waals surface area contributed by atoms with Crippen LogP contribution in [0.4, 0.5) is 0 Å². The number of rotatable bonds is 19. The fraction of sp³-hybridized carbons (Fsp3) is 0.613. The first-order valence-electron chi connectivity index (χ1n) is 36.6. The van der Waals surface area contributed by atoms with Crippen molar-refractivity contribution in [2.24, 2.45) is 35.5 Å². The van der Waals surface area contributed by atoms with Gasteiger partial charge in [-0.1, -0.05) is 161 Å². The third-order valence-corrected chi connectivity index (χ3v) is 20.2. The molecule has 24 heteroatoms.